The number of aromatic hydroxyl groups is 1. The molecule has 0 radical (unpaired) electrons. The van der Waals surface area contributed by atoms with Crippen LogP contribution in [0.1, 0.15) is 145 Å². The Morgan fingerprint density at radius 1 is 0.901 bits per heavy atom. The second kappa shape index (κ2) is 20.7. The number of benzene rings is 3. The summed E-state index contributed by atoms with van der Waals surface area (Å²) in [6.45, 7) is 5.89. The number of allylic oxidation sites excluding steroid dienone is 2. The van der Waals surface area contributed by atoms with E-state index in [-0.39, 0.29) is 41.6 Å². The zero-order valence-electron chi connectivity index (χ0n) is 42.4. The van der Waals surface area contributed by atoms with Gasteiger partial charge in [0.25, 0.3) is 0 Å². The van der Waals surface area contributed by atoms with Gasteiger partial charge in [-0.2, -0.15) is 0 Å². The Labute approximate surface area is 421 Å². The quantitative estimate of drug-likeness (QED) is 0.0868. The minimum absolute atomic E-state index is 0.0499. The van der Waals surface area contributed by atoms with Crippen LogP contribution in [-0.4, -0.2) is 76.5 Å². The van der Waals surface area contributed by atoms with Crippen molar-refractivity contribution in [2.24, 2.45) is 58.0 Å². The zero-order valence-corrected chi connectivity index (χ0v) is 42.4. The first kappa shape index (κ1) is 49.9. The highest BCUT2D eigenvalue weighted by molar-refractivity contribution is 5.89. The summed E-state index contributed by atoms with van der Waals surface area (Å²) in [5.74, 6) is 9.65. The Morgan fingerprint density at radius 2 is 1.70 bits per heavy atom. The lowest BCUT2D eigenvalue weighted by atomic mass is 9.47. The average molecular weight is 966 g/mol. The van der Waals surface area contributed by atoms with Gasteiger partial charge >= 0.3 is 0 Å². The number of carbonyl (C=O) groups is 2. The third kappa shape index (κ3) is 9.59. The minimum atomic E-state index is -1.27. The van der Waals surface area contributed by atoms with Gasteiger partial charge in [0.1, 0.15) is 11.2 Å². The molecule has 2 spiro atoms. The van der Waals surface area contributed by atoms with Crippen molar-refractivity contribution in [1.82, 2.24) is 10.6 Å². The number of fused-ring (bicyclic) bond motifs is 6. The summed E-state index contributed by atoms with van der Waals surface area (Å²) in [4.78, 5) is 27.3. The number of phenols is 1. The highest BCUT2D eigenvalue weighted by atomic mass is 16.5. The molecule has 5 aliphatic carbocycles. The number of carbonyl (C=O) groups excluding carboxylic acids is 2. The number of aryl methyl sites for hydroxylation is 1. The Kier molecular flexibility index (Phi) is 14.5. The maximum atomic E-state index is 14.8. The molecule has 4 saturated carbocycles. The SMILES string of the molecule is COc1cc2c(cc1O)C(CC(O)C(O)C(CCC(C)C)C(C1=CCNC(N)=C1)c1ccc3ccccc3c1)C#CC1(CCC(C3CCC4C5CCC(=O)CC5NCC4C34CCCC4)CC1O)C(=O)CC2. The first-order chi connectivity index (χ1) is 34.3. The van der Waals surface area contributed by atoms with Crippen LogP contribution in [-0.2, 0) is 16.0 Å². The Hall–Kier alpha value is -4.66. The van der Waals surface area contributed by atoms with Crippen LogP contribution in [0.25, 0.3) is 10.8 Å². The third-order valence-electron chi connectivity index (χ3n) is 19.5. The van der Waals surface area contributed by atoms with Crippen molar-refractivity contribution < 1.29 is 34.8 Å². The summed E-state index contributed by atoms with van der Waals surface area (Å²) in [7, 11) is 1.51. The largest absolute Gasteiger partial charge is 0.504 e. The molecule has 3 aromatic rings. The monoisotopic (exact) mass is 966 g/mol. The van der Waals surface area contributed by atoms with E-state index in [0.717, 1.165) is 59.7 Å². The van der Waals surface area contributed by atoms with E-state index in [2.05, 4.69) is 72.7 Å². The molecule has 10 nitrogen and oxygen atoms in total. The van der Waals surface area contributed by atoms with Crippen LogP contribution in [0, 0.1) is 64.1 Å². The van der Waals surface area contributed by atoms with E-state index < -0.39 is 35.6 Å². The number of rotatable bonds is 12. The Morgan fingerprint density at radius 3 is 2.46 bits per heavy atom. The molecule has 5 fully saturated rings. The molecule has 13 unspecified atom stereocenters. The lowest BCUT2D eigenvalue weighted by Crippen LogP contribution is -2.61. The molecule has 0 bridgehead atoms. The predicted molar refractivity (Wildman–Crippen MR) is 278 cm³/mol. The van der Waals surface area contributed by atoms with Crippen LogP contribution in [0.2, 0.25) is 0 Å². The van der Waals surface area contributed by atoms with E-state index in [1.165, 1.54) is 39.2 Å². The molecule has 10 rings (SSSR count). The summed E-state index contributed by atoms with van der Waals surface area (Å²) in [6.07, 6.45) is 14.2. The third-order valence-corrected chi connectivity index (χ3v) is 19.5. The van der Waals surface area contributed by atoms with Gasteiger partial charge in [-0.05, 0) is 175 Å². The van der Waals surface area contributed by atoms with Crippen molar-refractivity contribution in [2.45, 2.75) is 159 Å². The number of piperidine rings is 1. The molecule has 8 N–H and O–H groups in total. The highest BCUT2D eigenvalue weighted by Gasteiger charge is 2.60. The fourth-order valence-electron chi connectivity index (χ4n) is 15.9. The fourth-order valence-corrected chi connectivity index (χ4v) is 15.9. The van der Waals surface area contributed by atoms with E-state index >= 15 is 0 Å². The van der Waals surface area contributed by atoms with Crippen molar-refractivity contribution >= 4 is 22.3 Å². The fraction of sp³-hybridized carbons (Fsp3) is 0.607. The first-order valence-corrected chi connectivity index (χ1v) is 27.4. The Bertz CT molecular complexity index is 2590. The maximum absolute atomic E-state index is 14.8. The number of aliphatic hydroxyl groups excluding tert-OH is 3. The standard InChI is InChI=1S/C61H79N3O7/c1-36(2)10-15-47(58(43-22-27-63-57(62)32-43)42-12-11-37-8-4-5-9-38(37)28-42)59(70)53(67)29-40-20-25-61(55(68)19-13-39-30-54(71-3)52(66)34-48(39)40)26-21-41(31-56(61)69)49-18-17-45-46-16-14-44(65)33-51(46)64-35-50(45)60(49)23-6-7-24-60/h4-5,8-9,11-12,22,28,30,32,34,36,40-41,45-47,49-51,53,56,58-59,63-64,66-67,69-70H,6-7,10,13-19,21,23-24,26-27,29,31,33,35,62H2,1-3H3. The van der Waals surface area contributed by atoms with Gasteiger partial charge in [-0.1, -0.05) is 93.5 Å². The zero-order chi connectivity index (χ0) is 49.6. The lowest BCUT2D eigenvalue weighted by molar-refractivity contribution is -0.140. The van der Waals surface area contributed by atoms with Crippen LogP contribution in [0.3, 0.4) is 0 Å². The van der Waals surface area contributed by atoms with E-state index in [1.807, 2.05) is 18.2 Å². The van der Waals surface area contributed by atoms with Gasteiger partial charge in [-0.3, -0.25) is 9.59 Å². The molecule has 7 aliphatic rings. The summed E-state index contributed by atoms with van der Waals surface area (Å²) in [5, 5.41) is 58.6. The first-order valence-electron chi connectivity index (χ1n) is 27.4. The average Bonchev–Trinajstić information content (AvgIpc) is 3.86. The highest BCUT2D eigenvalue weighted by Crippen LogP contribution is 2.64. The summed E-state index contributed by atoms with van der Waals surface area (Å²) < 4.78 is 5.59. The van der Waals surface area contributed by atoms with Crippen molar-refractivity contribution in [1.29, 1.82) is 0 Å². The van der Waals surface area contributed by atoms with Gasteiger partial charge in [0.15, 0.2) is 17.3 Å². The molecule has 1 saturated heterocycles. The van der Waals surface area contributed by atoms with Crippen LogP contribution in [0.15, 0.2) is 78.1 Å². The Balaban J connectivity index is 0.959. The van der Waals surface area contributed by atoms with Gasteiger partial charge in [-0.25, -0.2) is 0 Å². The van der Waals surface area contributed by atoms with Crippen molar-refractivity contribution in [2.75, 3.05) is 20.2 Å². The molecule has 13 atom stereocenters. The van der Waals surface area contributed by atoms with Crippen molar-refractivity contribution in [3.63, 3.8) is 0 Å². The number of dihydropyridines is 1. The molecule has 2 aliphatic heterocycles. The van der Waals surface area contributed by atoms with Crippen LogP contribution < -0.4 is 21.1 Å². The summed E-state index contributed by atoms with van der Waals surface area (Å²) in [5.41, 5.74) is 8.89. The van der Waals surface area contributed by atoms with E-state index in [4.69, 9.17) is 10.5 Å². The minimum Gasteiger partial charge on any atom is -0.504 e. The molecule has 0 aromatic heterocycles. The van der Waals surface area contributed by atoms with Gasteiger partial charge in [0.2, 0.25) is 0 Å². The number of ketones is 2. The summed E-state index contributed by atoms with van der Waals surface area (Å²) in [6, 6.07) is 18.5. The maximum Gasteiger partial charge on any atom is 0.160 e. The van der Waals surface area contributed by atoms with Crippen LogP contribution in [0.4, 0.5) is 0 Å². The van der Waals surface area contributed by atoms with Gasteiger partial charge in [-0.15, -0.1) is 0 Å². The van der Waals surface area contributed by atoms with E-state index in [1.54, 1.807) is 12.1 Å². The number of nitrogens with two attached hydrogens (primary N) is 1. The molecule has 2 heterocycles. The number of hydrogen-bond acceptors (Lipinski definition) is 10. The van der Waals surface area contributed by atoms with Gasteiger partial charge in [0, 0.05) is 43.7 Å². The van der Waals surface area contributed by atoms with Crippen molar-refractivity contribution in [3.05, 3.63) is 94.8 Å². The topological polar surface area (TPSA) is 174 Å². The predicted octanol–water partition coefficient (Wildman–Crippen LogP) is 9.13. The van der Waals surface area contributed by atoms with Crippen molar-refractivity contribution in [3.8, 4) is 23.3 Å². The number of methoxy groups -OCH3 is 1. The number of phenolic OH excluding ortho intramolecular Hbond substituents is 1. The smallest absolute Gasteiger partial charge is 0.160 e. The molecular weight excluding hydrogens is 887 g/mol. The van der Waals surface area contributed by atoms with Gasteiger partial charge < -0.3 is 41.5 Å². The number of Topliss-reactive ketones (excluding diaryl/α,β-unsaturated/α-hetero) is 2. The van der Waals surface area contributed by atoms with Gasteiger partial charge in [0.05, 0.1) is 31.2 Å². The second-order valence-corrected chi connectivity index (χ2v) is 23.5. The molecule has 71 heavy (non-hydrogen) atoms. The molecule has 0 amide bonds. The lowest BCUT2D eigenvalue weighted by Gasteiger charge is -2.60. The molecular formula is C61H79N3O7. The van der Waals surface area contributed by atoms with E-state index in [0.29, 0.717) is 104 Å². The number of nitrogens with one attached hydrogen (secondary N) is 2. The molecule has 10 heteroatoms. The number of aliphatic hydroxyl groups is 3. The molecule has 3 aromatic carbocycles. The van der Waals surface area contributed by atoms with Crippen LogP contribution in [0.5, 0.6) is 11.5 Å². The summed E-state index contributed by atoms with van der Waals surface area (Å²) >= 11 is 0. The normalized spacial score (nSPS) is 32.1. The van der Waals surface area contributed by atoms with Crippen LogP contribution >= 0.6 is 0 Å². The second-order valence-electron chi connectivity index (χ2n) is 23.5. The number of hydrogen-bond donors (Lipinski definition) is 7. The molecule has 380 valence electrons. The number of ether oxygens (including phenoxy) is 1. The van der Waals surface area contributed by atoms with E-state index in [9.17, 15) is 30.0 Å².